The Balaban J connectivity index is 2.07. The van der Waals surface area contributed by atoms with Crippen molar-refractivity contribution in [2.24, 2.45) is 0 Å². The number of benzene rings is 2. The molecule has 152 valence electrons. The average molecular weight is 395 g/mol. The maximum Gasteiger partial charge on any atom is 0.261 e. The summed E-state index contributed by atoms with van der Waals surface area (Å²) in [5, 5.41) is 6.63. The van der Waals surface area contributed by atoms with Crippen LogP contribution in [0, 0.1) is 12.7 Å². The summed E-state index contributed by atoms with van der Waals surface area (Å²) in [6.45, 7) is 9.48. The van der Waals surface area contributed by atoms with E-state index in [4.69, 9.17) is 0 Å². The van der Waals surface area contributed by atoms with Crippen molar-refractivity contribution in [3.8, 4) is 11.1 Å². The molecule has 0 radical (unpaired) electrons. The molecule has 0 spiro atoms. The van der Waals surface area contributed by atoms with Gasteiger partial charge in [-0.05, 0) is 75.4 Å². The summed E-state index contributed by atoms with van der Waals surface area (Å²) in [5.41, 5.74) is 2.81. The number of aromatic nitrogens is 1. The first-order valence-electron chi connectivity index (χ1n) is 9.71. The van der Waals surface area contributed by atoms with Crippen LogP contribution in [0.25, 0.3) is 22.0 Å². The van der Waals surface area contributed by atoms with Crippen LogP contribution in [0.4, 0.5) is 10.1 Å². The molecule has 29 heavy (non-hydrogen) atoms. The van der Waals surface area contributed by atoms with E-state index in [9.17, 15) is 14.0 Å². The summed E-state index contributed by atoms with van der Waals surface area (Å²) >= 11 is 0. The third kappa shape index (κ3) is 4.31. The summed E-state index contributed by atoms with van der Waals surface area (Å²) in [5.74, 6) is -0.752. The normalized spacial score (nSPS) is 11.3. The van der Waals surface area contributed by atoms with Crippen LogP contribution < -0.4 is 16.2 Å². The molecule has 0 aliphatic heterocycles. The number of hydrogen-bond acceptors (Lipinski definition) is 3. The number of halogens is 1. The molecule has 3 rings (SSSR count). The van der Waals surface area contributed by atoms with Gasteiger partial charge in [-0.25, -0.2) is 4.39 Å². The molecule has 0 saturated heterocycles. The standard InChI is InChI=1S/C23H26FN3O2/c1-12(2)25-16-7-9-18(20(24)11-16)17-8-6-15-10-19(22(28)26-13(3)4)23(29)27-21(15)14(17)5/h6-13,25H,1-5H3,(H,26,28)(H,27,29). The minimum atomic E-state index is -0.465. The minimum Gasteiger partial charge on any atom is -0.383 e. The molecule has 5 nitrogen and oxygen atoms in total. The number of aromatic amines is 1. The SMILES string of the molecule is Cc1c(-c2ccc(NC(C)C)cc2F)ccc2cc(C(=O)NC(C)C)c(=O)[nH]c12. The molecule has 3 N–H and O–H groups in total. The van der Waals surface area contributed by atoms with Crippen LogP contribution in [0.5, 0.6) is 0 Å². The van der Waals surface area contributed by atoms with Gasteiger partial charge < -0.3 is 15.6 Å². The summed E-state index contributed by atoms with van der Waals surface area (Å²) < 4.78 is 14.8. The molecule has 2 aromatic carbocycles. The molecule has 0 atom stereocenters. The van der Waals surface area contributed by atoms with Gasteiger partial charge >= 0.3 is 0 Å². The Bertz CT molecular complexity index is 1130. The van der Waals surface area contributed by atoms with Crippen LogP contribution in [0.2, 0.25) is 0 Å². The molecule has 1 amide bonds. The third-order valence-corrected chi connectivity index (χ3v) is 4.66. The summed E-state index contributed by atoms with van der Waals surface area (Å²) in [7, 11) is 0. The Morgan fingerprint density at radius 2 is 1.69 bits per heavy atom. The molecule has 0 bridgehead atoms. The van der Waals surface area contributed by atoms with Crippen LogP contribution in [-0.4, -0.2) is 23.0 Å². The highest BCUT2D eigenvalue weighted by molar-refractivity contribution is 5.98. The second-order valence-corrected chi connectivity index (χ2v) is 7.84. The van der Waals surface area contributed by atoms with Gasteiger partial charge in [0, 0.05) is 23.3 Å². The van der Waals surface area contributed by atoms with Gasteiger partial charge in [0.25, 0.3) is 11.5 Å². The van der Waals surface area contributed by atoms with E-state index in [1.165, 1.54) is 6.07 Å². The Hall–Kier alpha value is -3.15. The van der Waals surface area contributed by atoms with Gasteiger partial charge in [-0.2, -0.15) is 0 Å². The minimum absolute atomic E-state index is 0.0636. The Morgan fingerprint density at radius 3 is 2.31 bits per heavy atom. The maximum absolute atomic E-state index is 14.8. The number of rotatable bonds is 5. The van der Waals surface area contributed by atoms with Crippen molar-refractivity contribution in [1.29, 1.82) is 0 Å². The molecule has 1 aromatic heterocycles. The summed E-state index contributed by atoms with van der Waals surface area (Å²) in [4.78, 5) is 27.5. The van der Waals surface area contributed by atoms with Crippen molar-refractivity contribution in [2.75, 3.05) is 5.32 Å². The smallest absolute Gasteiger partial charge is 0.261 e. The Labute approximate surface area is 169 Å². The largest absolute Gasteiger partial charge is 0.383 e. The molecule has 0 aliphatic carbocycles. The highest BCUT2D eigenvalue weighted by atomic mass is 19.1. The van der Waals surface area contributed by atoms with Gasteiger partial charge in [-0.3, -0.25) is 9.59 Å². The zero-order valence-corrected chi connectivity index (χ0v) is 17.3. The zero-order valence-electron chi connectivity index (χ0n) is 17.3. The van der Waals surface area contributed by atoms with Crippen molar-refractivity contribution in [3.05, 3.63) is 63.7 Å². The number of fused-ring (bicyclic) bond motifs is 1. The summed E-state index contributed by atoms with van der Waals surface area (Å²) in [6, 6.07) is 10.4. The topological polar surface area (TPSA) is 74.0 Å². The molecule has 0 unspecified atom stereocenters. The van der Waals surface area contributed by atoms with Crippen molar-refractivity contribution in [2.45, 2.75) is 46.7 Å². The van der Waals surface area contributed by atoms with Crippen molar-refractivity contribution >= 4 is 22.5 Å². The number of hydrogen-bond donors (Lipinski definition) is 3. The van der Waals surface area contributed by atoms with Crippen LogP contribution in [0.3, 0.4) is 0 Å². The van der Waals surface area contributed by atoms with E-state index in [1.807, 2.05) is 46.8 Å². The van der Waals surface area contributed by atoms with E-state index in [0.717, 1.165) is 10.9 Å². The molecule has 1 heterocycles. The Kier molecular flexibility index (Phi) is 5.73. The van der Waals surface area contributed by atoms with E-state index >= 15 is 0 Å². The van der Waals surface area contributed by atoms with Crippen molar-refractivity contribution in [1.82, 2.24) is 10.3 Å². The van der Waals surface area contributed by atoms with E-state index in [0.29, 0.717) is 22.3 Å². The number of H-pyrrole nitrogens is 1. The van der Waals surface area contributed by atoms with E-state index in [2.05, 4.69) is 15.6 Å². The molecular weight excluding hydrogens is 369 g/mol. The second-order valence-electron chi connectivity index (χ2n) is 7.84. The van der Waals surface area contributed by atoms with E-state index in [-0.39, 0.29) is 23.5 Å². The fraction of sp³-hybridized carbons (Fsp3) is 0.304. The monoisotopic (exact) mass is 395 g/mol. The molecule has 0 fully saturated rings. The number of nitrogens with one attached hydrogen (secondary N) is 3. The second kappa shape index (κ2) is 8.07. The molecule has 6 heteroatoms. The highest BCUT2D eigenvalue weighted by Crippen LogP contribution is 2.31. The number of carbonyl (C=O) groups is 1. The number of pyridine rings is 1. The van der Waals surface area contributed by atoms with Crippen molar-refractivity contribution < 1.29 is 9.18 Å². The van der Waals surface area contributed by atoms with Crippen LogP contribution in [0.1, 0.15) is 43.6 Å². The predicted molar refractivity (Wildman–Crippen MR) is 116 cm³/mol. The zero-order chi connectivity index (χ0) is 21.3. The number of carbonyl (C=O) groups excluding carboxylic acids is 1. The average Bonchev–Trinajstić information content (AvgIpc) is 2.62. The molecular formula is C23H26FN3O2. The fourth-order valence-corrected chi connectivity index (χ4v) is 3.38. The first-order valence-corrected chi connectivity index (χ1v) is 9.71. The van der Waals surface area contributed by atoms with E-state index < -0.39 is 11.5 Å². The molecule has 3 aromatic rings. The number of aryl methyl sites for hydroxylation is 1. The third-order valence-electron chi connectivity index (χ3n) is 4.66. The predicted octanol–water partition coefficient (Wildman–Crippen LogP) is 4.60. The quantitative estimate of drug-likeness (QED) is 0.591. The summed E-state index contributed by atoms with van der Waals surface area (Å²) in [6.07, 6.45) is 0. The van der Waals surface area contributed by atoms with Crippen molar-refractivity contribution in [3.63, 3.8) is 0 Å². The number of amides is 1. The van der Waals surface area contributed by atoms with Crippen LogP contribution in [0.15, 0.2) is 41.2 Å². The van der Waals surface area contributed by atoms with Gasteiger partial charge in [0.2, 0.25) is 0 Å². The Morgan fingerprint density at radius 1 is 1.00 bits per heavy atom. The van der Waals surface area contributed by atoms with Crippen LogP contribution >= 0.6 is 0 Å². The van der Waals surface area contributed by atoms with E-state index in [1.54, 1.807) is 18.2 Å². The van der Waals surface area contributed by atoms with Gasteiger partial charge in [0.1, 0.15) is 11.4 Å². The molecule has 0 aliphatic rings. The lowest BCUT2D eigenvalue weighted by molar-refractivity contribution is 0.0942. The first-order chi connectivity index (χ1) is 13.7. The lowest BCUT2D eigenvalue weighted by Gasteiger charge is -2.14. The number of anilines is 1. The lowest BCUT2D eigenvalue weighted by Crippen LogP contribution is -2.34. The first kappa shape index (κ1) is 20.6. The fourth-order valence-electron chi connectivity index (χ4n) is 3.38. The van der Waals surface area contributed by atoms with Crippen LogP contribution in [-0.2, 0) is 0 Å². The maximum atomic E-state index is 14.8. The van der Waals surface area contributed by atoms with Gasteiger partial charge in [0.15, 0.2) is 0 Å². The van der Waals surface area contributed by atoms with Gasteiger partial charge in [-0.15, -0.1) is 0 Å². The van der Waals surface area contributed by atoms with Gasteiger partial charge in [0.05, 0.1) is 5.52 Å². The lowest BCUT2D eigenvalue weighted by atomic mass is 9.96. The van der Waals surface area contributed by atoms with Gasteiger partial charge in [-0.1, -0.05) is 12.1 Å². The molecule has 0 saturated carbocycles. The highest BCUT2D eigenvalue weighted by Gasteiger charge is 2.16.